The molecule has 1 fully saturated rings. The molecule has 0 radical (unpaired) electrons. The summed E-state index contributed by atoms with van der Waals surface area (Å²) in [6.07, 6.45) is -6.80. The lowest BCUT2D eigenvalue weighted by Gasteiger charge is -2.32. The van der Waals surface area contributed by atoms with E-state index >= 15 is 0 Å². The number of nitrogen functional groups attached to an aromatic ring is 1. The van der Waals surface area contributed by atoms with Crippen LogP contribution in [0.2, 0.25) is 0 Å². The topological polar surface area (TPSA) is 97.4 Å². The molecule has 0 aliphatic carbocycles. The van der Waals surface area contributed by atoms with E-state index in [1.165, 1.54) is 0 Å². The smallest absolute Gasteiger partial charge is 0.417 e. The van der Waals surface area contributed by atoms with Crippen LogP contribution in [0.1, 0.15) is 30.9 Å². The number of anilines is 2. The number of hydrogen-bond acceptors (Lipinski definition) is 5. The van der Waals surface area contributed by atoms with Crippen LogP contribution in [0.4, 0.5) is 37.7 Å². The van der Waals surface area contributed by atoms with Gasteiger partial charge in [0, 0.05) is 23.5 Å². The maximum Gasteiger partial charge on any atom is 0.417 e. The summed E-state index contributed by atoms with van der Waals surface area (Å²) in [5, 5.41) is 11.2. The number of benzene rings is 2. The van der Waals surface area contributed by atoms with Crippen molar-refractivity contribution in [2.24, 2.45) is 5.92 Å². The minimum Gasteiger partial charge on any atom is -0.493 e. The Labute approximate surface area is 190 Å². The van der Waals surface area contributed by atoms with Crippen molar-refractivity contribution in [1.82, 2.24) is 0 Å². The molecular formula is C22H19F6N3O3. The van der Waals surface area contributed by atoms with Crippen LogP contribution in [0.5, 0.6) is 5.75 Å². The zero-order chi connectivity index (χ0) is 25.6. The van der Waals surface area contributed by atoms with E-state index in [9.17, 15) is 31.1 Å². The van der Waals surface area contributed by atoms with Crippen molar-refractivity contribution in [3.8, 4) is 11.8 Å². The fraction of sp³-hybridized carbons (Fsp3) is 0.364. The normalized spacial score (nSPS) is 24.5. The first-order valence-electron chi connectivity index (χ1n) is 9.83. The van der Waals surface area contributed by atoms with Gasteiger partial charge in [0.2, 0.25) is 5.82 Å². The van der Waals surface area contributed by atoms with Crippen LogP contribution in [0.25, 0.3) is 0 Å². The van der Waals surface area contributed by atoms with Gasteiger partial charge in [-0.3, -0.25) is 4.79 Å². The maximum absolute atomic E-state index is 14.4. The zero-order valence-electron chi connectivity index (χ0n) is 18.1. The van der Waals surface area contributed by atoms with Crippen LogP contribution in [-0.4, -0.2) is 30.9 Å². The van der Waals surface area contributed by atoms with E-state index in [0.29, 0.717) is 6.07 Å². The molecule has 34 heavy (non-hydrogen) atoms. The highest BCUT2D eigenvalue weighted by Crippen LogP contribution is 2.55. The predicted octanol–water partition coefficient (Wildman–Crippen LogP) is 4.64. The summed E-state index contributed by atoms with van der Waals surface area (Å²) in [7, 11) is 1.00. The van der Waals surface area contributed by atoms with E-state index in [1.54, 1.807) is 6.07 Å². The van der Waals surface area contributed by atoms with Crippen molar-refractivity contribution >= 4 is 17.3 Å². The number of methoxy groups -OCH3 is 1. The molecule has 1 unspecified atom stereocenters. The first-order valence-corrected chi connectivity index (χ1v) is 9.83. The molecule has 0 saturated carbocycles. The first kappa shape index (κ1) is 25.2. The van der Waals surface area contributed by atoms with Gasteiger partial charge in [-0.15, -0.1) is 0 Å². The van der Waals surface area contributed by atoms with Gasteiger partial charge >= 0.3 is 6.18 Å². The van der Waals surface area contributed by atoms with E-state index < -0.39 is 64.4 Å². The molecule has 182 valence electrons. The number of amides is 1. The zero-order valence-corrected chi connectivity index (χ0v) is 18.1. The lowest BCUT2D eigenvalue weighted by molar-refractivity contribution is -0.272. The molecule has 4 atom stereocenters. The van der Waals surface area contributed by atoms with Crippen molar-refractivity contribution in [3.05, 3.63) is 52.8 Å². The van der Waals surface area contributed by atoms with Gasteiger partial charge in [-0.2, -0.15) is 22.8 Å². The molecule has 2 aromatic rings. The third kappa shape index (κ3) is 4.00. The second-order valence-electron chi connectivity index (χ2n) is 7.96. The minimum absolute atomic E-state index is 0.216. The Bertz CT molecular complexity index is 1180. The molecule has 12 heteroatoms. The largest absolute Gasteiger partial charge is 0.493 e. The molecule has 2 aromatic carbocycles. The molecule has 1 aliphatic heterocycles. The Kier molecular flexibility index (Phi) is 6.45. The monoisotopic (exact) mass is 487 g/mol. The molecule has 1 saturated heterocycles. The summed E-state index contributed by atoms with van der Waals surface area (Å²) in [4.78, 5) is 13.1. The molecule has 3 N–H and O–H groups in total. The van der Waals surface area contributed by atoms with E-state index in [-0.39, 0.29) is 16.9 Å². The second kappa shape index (κ2) is 8.72. The summed E-state index contributed by atoms with van der Waals surface area (Å²) in [6, 6.07) is 4.95. The first-order chi connectivity index (χ1) is 15.8. The fourth-order valence-corrected chi connectivity index (χ4v) is 4.03. The Morgan fingerprint density at radius 2 is 1.88 bits per heavy atom. The lowest BCUT2D eigenvalue weighted by atomic mass is 9.77. The quantitative estimate of drug-likeness (QED) is 0.484. The Balaban J connectivity index is 2.11. The minimum atomic E-state index is -4.94. The van der Waals surface area contributed by atoms with Gasteiger partial charge in [-0.25, -0.2) is 8.78 Å². The van der Waals surface area contributed by atoms with Gasteiger partial charge in [0.1, 0.15) is 18.0 Å². The van der Waals surface area contributed by atoms with Gasteiger partial charge < -0.3 is 20.5 Å². The number of nitrogens with two attached hydrogens (primary N) is 1. The summed E-state index contributed by atoms with van der Waals surface area (Å²) in [6.45, 7) is 1.90. The van der Waals surface area contributed by atoms with Crippen molar-refractivity contribution < 1.29 is 40.6 Å². The SMILES string of the molecule is COc1c(C2[C@H](C(=O)Nc3cc(C#N)c(F)cc3N)O[C@@](C)(C(F)(F)F)[C@H]2C)ccc(F)c1F. The predicted molar refractivity (Wildman–Crippen MR) is 108 cm³/mol. The van der Waals surface area contributed by atoms with Crippen molar-refractivity contribution in [1.29, 1.82) is 5.26 Å². The Morgan fingerprint density at radius 1 is 1.24 bits per heavy atom. The van der Waals surface area contributed by atoms with E-state index in [1.807, 2.05) is 0 Å². The molecule has 1 amide bonds. The average Bonchev–Trinajstić information content (AvgIpc) is 3.04. The second-order valence-corrected chi connectivity index (χ2v) is 7.96. The summed E-state index contributed by atoms with van der Waals surface area (Å²) < 4.78 is 93.9. The number of carbonyl (C=O) groups is 1. The fourth-order valence-electron chi connectivity index (χ4n) is 4.03. The van der Waals surface area contributed by atoms with Crippen molar-refractivity contribution in [3.63, 3.8) is 0 Å². The highest BCUT2D eigenvalue weighted by Gasteiger charge is 2.65. The number of nitriles is 1. The van der Waals surface area contributed by atoms with Crippen LogP contribution in [0, 0.1) is 34.7 Å². The number of ether oxygens (including phenoxy) is 2. The number of alkyl halides is 3. The Morgan fingerprint density at radius 3 is 2.44 bits per heavy atom. The van der Waals surface area contributed by atoms with Gasteiger partial charge in [0.15, 0.2) is 17.2 Å². The van der Waals surface area contributed by atoms with Crippen molar-refractivity contribution in [2.75, 3.05) is 18.2 Å². The molecule has 0 bridgehead atoms. The molecule has 1 aliphatic rings. The van der Waals surface area contributed by atoms with Gasteiger partial charge in [0.25, 0.3) is 5.91 Å². The summed E-state index contributed by atoms with van der Waals surface area (Å²) in [5.74, 6) is -8.38. The number of nitrogens with zero attached hydrogens (tertiary/aromatic N) is 1. The van der Waals surface area contributed by atoms with E-state index in [0.717, 1.165) is 39.2 Å². The average molecular weight is 487 g/mol. The van der Waals surface area contributed by atoms with Crippen LogP contribution in [0.3, 0.4) is 0 Å². The maximum atomic E-state index is 14.4. The number of nitrogens with one attached hydrogen (secondary N) is 1. The van der Waals surface area contributed by atoms with Crippen LogP contribution >= 0.6 is 0 Å². The summed E-state index contributed by atoms with van der Waals surface area (Å²) >= 11 is 0. The number of carbonyl (C=O) groups excluding carboxylic acids is 1. The Hall–Kier alpha value is -3.46. The standard InChI is InChI=1S/C22H19F6N3O3/c1-9-16(11-4-5-12(23)17(25)18(11)33-3)19(34-21(9,2)22(26,27)28)20(32)31-15-6-10(8-29)13(24)7-14(15)30/h4-7,9,16,19H,30H2,1-3H3,(H,31,32)/t9-,16?,19+,21+/m0/s1. The van der Waals surface area contributed by atoms with E-state index in [4.69, 9.17) is 20.5 Å². The highest BCUT2D eigenvalue weighted by molar-refractivity contribution is 5.98. The van der Waals surface area contributed by atoms with Gasteiger partial charge in [-0.1, -0.05) is 13.0 Å². The molecule has 3 rings (SSSR count). The molecule has 6 nitrogen and oxygen atoms in total. The van der Waals surface area contributed by atoms with Gasteiger partial charge in [0.05, 0.1) is 24.0 Å². The van der Waals surface area contributed by atoms with Crippen LogP contribution < -0.4 is 15.8 Å². The van der Waals surface area contributed by atoms with Gasteiger partial charge in [-0.05, 0) is 19.1 Å². The third-order valence-electron chi connectivity index (χ3n) is 6.09. The summed E-state index contributed by atoms with van der Waals surface area (Å²) in [5.41, 5.74) is 1.61. The van der Waals surface area contributed by atoms with Crippen molar-refractivity contribution in [2.45, 2.75) is 37.6 Å². The molecule has 0 spiro atoms. The molecule has 0 aromatic heterocycles. The highest BCUT2D eigenvalue weighted by atomic mass is 19.4. The lowest BCUT2D eigenvalue weighted by Crippen LogP contribution is -2.47. The molecule has 1 heterocycles. The number of halogens is 6. The van der Waals surface area contributed by atoms with E-state index in [2.05, 4.69) is 5.32 Å². The number of hydrogen-bond donors (Lipinski definition) is 2. The van der Waals surface area contributed by atoms with Crippen LogP contribution in [-0.2, 0) is 9.53 Å². The molecular weight excluding hydrogens is 468 g/mol. The van der Waals surface area contributed by atoms with Crippen LogP contribution in [0.15, 0.2) is 24.3 Å². The third-order valence-corrected chi connectivity index (χ3v) is 6.09. The number of rotatable bonds is 4.